The summed E-state index contributed by atoms with van der Waals surface area (Å²) in [4.78, 5) is 26.4. The van der Waals surface area contributed by atoms with E-state index in [9.17, 15) is 4.79 Å². The Bertz CT molecular complexity index is 832. The number of nitrogens with zero attached hydrogens (tertiary/aromatic N) is 5. The summed E-state index contributed by atoms with van der Waals surface area (Å²) in [6.45, 7) is 3.26. The monoisotopic (exact) mass is 369 g/mol. The summed E-state index contributed by atoms with van der Waals surface area (Å²) >= 11 is 0. The maximum Gasteiger partial charge on any atom is 0.407 e. The summed E-state index contributed by atoms with van der Waals surface area (Å²) in [5, 5.41) is 10.2. The van der Waals surface area contributed by atoms with E-state index >= 15 is 0 Å². The van der Waals surface area contributed by atoms with Gasteiger partial charge in [-0.3, -0.25) is 0 Å². The molecule has 3 heterocycles. The summed E-state index contributed by atoms with van der Waals surface area (Å²) in [6.07, 6.45) is 3.64. The van der Waals surface area contributed by atoms with Crippen LogP contribution in [0.2, 0.25) is 0 Å². The summed E-state index contributed by atoms with van der Waals surface area (Å²) in [6, 6.07) is 7.10. The minimum Gasteiger partial charge on any atom is -0.465 e. The van der Waals surface area contributed by atoms with E-state index in [2.05, 4.69) is 52.1 Å². The maximum atomic E-state index is 11.1. The SMILES string of the molecule is CN(C)C1CCN(c2ccc3c(C4CCN(C(=O)O)CC4)ncnc3c2)C1. The molecule has 0 bridgehead atoms. The first-order valence-corrected chi connectivity index (χ1v) is 9.67. The third-order valence-corrected chi connectivity index (χ3v) is 6.06. The Morgan fingerprint density at radius 1 is 1.15 bits per heavy atom. The molecule has 1 atom stereocenters. The lowest BCUT2D eigenvalue weighted by atomic mass is 9.91. The Hall–Kier alpha value is -2.41. The molecule has 7 heteroatoms. The molecule has 2 aliphatic heterocycles. The van der Waals surface area contributed by atoms with Gasteiger partial charge < -0.3 is 19.8 Å². The number of fused-ring (bicyclic) bond motifs is 1. The number of carboxylic acid groups (broad SMARTS) is 1. The molecule has 144 valence electrons. The van der Waals surface area contributed by atoms with Crippen molar-refractivity contribution in [2.45, 2.75) is 31.2 Å². The fraction of sp³-hybridized carbons (Fsp3) is 0.550. The number of anilines is 1. The molecule has 0 aliphatic carbocycles. The van der Waals surface area contributed by atoms with Crippen LogP contribution in [0, 0.1) is 0 Å². The van der Waals surface area contributed by atoms with E-state index in [-0.39, 0.29) is 0 Å². The van der Waals surface area contributed by atoms with E-state index in [0.29, 0.717) is 25.0 Å². The van der Waals surface area contributed by atoms with Crippen molar-refractivity contribution in [2.24, 2.45) is 0 Å². The third kappa shape index (κ3) is 3.56. The topological polar surface area (TPSA) is 72.8 Å². The Kier molecular flexibility index (Phi) is 4.86. The number of aromatic nitrogens is 2. The minimum atomic E-state index is -0.827. The molecule has 0 saturated carbocycles. The molecule has 4 rings (SSSR count). The first-order chi connectivity index (χ1) is 13.0. The van der Waals surface area contributed by atoms with Gasteiger partial charge in [0.2, 0.25) is 0 Å². The van der Waals surface area contributed by atoms with Gasteiger partial charge in [-0.05, 0) is 51.6 Å². The van der Waals surface area contributed by atoms with Crippen LogP contribution in [0.1, 0.15) is 30.9 Å². The van der Waals surface area contributed by atoms with Gasteiger partial charge >= 0.3 is 6.09 Å². The zero-order valence-electron chi connectivity index (χ0n) is 16.0. The van der Waals surface area contributed by atoms with Crippen molar-refractivity contribution in [3.63, 3.8) is 0 Å². The van der Waals surface area contributed by atoms with Crippen LogP contribution in [0.5, 0.6) is 0 Å². The first kappa shape index (κ1) is 18.0. The lowest BCUT2D eigenvalue weighted by Crippen LogP contribution is -2.37. The van der Waals surface area contributed by atoms with E-state index in [4.69, 9.17) is 5.11 Å². The van der Waals surface area contributed by atoms with Crippen LogP contribution in [0.3, 0.4) is 0 Å². The maximum absolute atomic E-state index is 11.1. The molecule has 2 aromatic rings. The second kappa shape index (κ2) is 7.31. The lowest BCUT2D eigenvalue weighted by Gasteiger charge is -2.30. The van der Waals surface area contributed by atoms with Crippen molar-refractivity contribution in [1.82, 2.24) is 19.8 Å². The van der Waals surface area contributed by atoms with E-state index in [1.807, 2.05) is 0 Å². The molecule has 0 spiro atoms. The van der Waals surface area contributed by atoms with Gasteiger partial charge in [-0.25, -0.2) is 14.8 Å². The summed E-state index contributed by atoms with van der Waals surface area (Å²) < 4.78 is 0. The van der Waals surface area contributed by atoms with E-state index in [1.54, 1.807) is 6.33 Å². The highest BCUT2D eigenvalue weighted by atomic mass is 16.4. The number of carbonyl (C=O) groups is 1. The standard InChI is InChI=1S/C20H27N5O2/c1-23(2)16-7-10-25(12-16)15-3-4-17-18(11-15)21-13-22-19(17)14-5-8-24(9-6-14)20(26)27/h3-4,11,13-14,16H,5-10,12H2,1-2H3,(H,26,27). The summed E-state index contributed by atoms with van der Waals surface area (Å²) in [5.41, 5.74) is 3.26. The van der Waals surface area contributed by atoms with Gasteiger partial charge in [-0.15, -0.1) is 0 Å². The smallest absolute Gasteiger partial charge is 0.407 e. The fourth-order valence-electron chi connectivity index (χ4n) is 4.33. The van der Waals surface area contributed by atoms with Crippen LogP contribution >= 0.6 is 0 Å². The Morgan fingerprint density at radius 2 is 1.93 bits per heavy atom. The van der Waals surface area contributed by atoms with Crippen molar-refractivity contribution in [3.05, 3.63) is 30.2 Å². The number of hydrogen-bond acceptors (Lipinski definition) is 5. The first-order valence-electron chi connectivity index (χ1n) is 9.67. The molecule has 0 radical (unpaired) electrons. The van der Waals surface area contributed by atoms with Crippen LogP contribution in [0.15, 0.2) is 24.5 Å². The number of rotatable bonds is 3. The highest BCUT2D eigenvalue weighted by Crippen LogP contribution is 2.33. The number of benzene rings is 1. The Labute approximate surface area is 159 Å². The number of hydrogen-bond donors (Lipinski definition) is 1. The van der Waals surface area contributed by atoms with Gasteiger partial charge in [0.05, 0.1) is 11.2 Å². The van der Waals surface area contributed by atoms with Crippen LogP contribution in [0.4, 0.5) is 10.5 Å². The molecule has 1 aromatic carbocycles. The summed E-state index contributed by atoms with van der Waals surface area (Å²) in [5.74, 6) is 0.293. The molecule has 2 fully saturated rings. The van der Waals surface area contributed by atoms with Gasteiger partial charge in [-0.2, -0.15) is 0 Å². The van der Waals surface area contributed by atoms with Crippen molar-refractivity contribution >= 4 is 22.7 Å². The van der Waals surface area contributed by atoms with E-state index in [1.165, 1.54) is 17.0 Å². The second-order valence-corrected chi connectivity index (χ2v) is 7.86. The minimum absolute atomic E-state index is 0.293. The van der Waals surface area contributed by atoms with Gasteiger partial charge in [0.25, 0.3) is 0 Å². The van der Waals surface area contributed by atoms with Crippen molar-refractivity contribution in [1.29, 1.82) is 0 Å². The van der Waals surface area contributed by atoms with Crippen molar-refractivity contribution in [2.75, 3.05) is 45.2 Å². The fourth-order valence-corrected chi connectivity index (χ4v) is 4.33. The van der Waals surface area contributed by atoms with Gasteiger partial charge in [0.15, 0.2) is 0 Å². The second-order valence-electron chi connectivity index (χ2n) is 7.86. The zero-order chi connectivity index (χ0) is 19.0. The summed E-state index contributed by atoms with van der Waals surface area (Å²) in [7, 11) is 4.29. The number of piperidine rings is 1. The third-order valence-electron chi connectivity index (χ3n) is 6.06. The predicted molar refractivity (Wildman–Crippen MR) is 105 cm³/mol. The van der Waals surface area contributed by atoms with Crippen LogP contribution < -0.4 is 4.90 Å². The van der Waals surface area contributed by atoms with Crippen LogP contribution in [-0.4, -0.2) is 77.3 Å². The average molecular weight is 369 g/mol. The molecule has 7 nitrogen and oxygen atoms in total. The largest absolute Gasteiger partial charge is 0.465 e. The zero-order valence-corrected chi connectivity index (χ0v) is 16.0. The highest BCUT2D eigenvalue weighted by molar-refractivity contribution is 5.84. The number of likely N-dealkylation sites (tertiary alicyclic amines) is 1. The number of likely N-dealkylation sites (N-methyl/N-ethyl adjacent to an activating group) is 1. The van der Waals surface area contributed by atoms with E-state index < -0.39 is 6.09 Å². The normalized spacial score (nSPS) is 21.4. The molecule has 1 unspecified atom stereocenters. The van der Waals surface area contributed by atoms with Gasteiger partial charge in [0.1, 0.15) is 6.33 Å². The van der Waals surface area contributed by atoms with Gasteiger partial charge in [0, 0.05) is 49.2 Å². The molecule has 2 aliphatic rings. The molecule has 1 N–H and O–H groups in total. The highest BCUT2D eigenvalue weighted by Gasteiger charge is 2.27. The van der Waals surface area contributed by atoms with Crippen LogP contribution in [-0.2, 0) is 0 Å². The molecular formula is C20H27N5O2. The predicted octanol–water partition coefficient (Wildman–Crippen LogP) is 2.63. The molecule has 2 saturated heterocycles. The Morgan fingerprint density at radius 3 is 2.59 bits per heavy atom. The quantitative estimate of drug-likeness (QED) is 0.897. The van der Waals surface area contributed by atoms with Crippen molar-refractivity contribution < 1.29 is 9.90 Å². The van der Waals surface area contributed by atoms with Crippen LogP contribution in [0.25, 0.3) is 10.9 Å². The molecular weight excluding hydrogens is 342 g/mol. The van der Waals surface area contributed by atoms with E-state index in [0.717, 1.165) is 42.5 Å². The Balaban J connectivity index is 1.55. The average Bonchev–Trinajstić information content (AvgIpc) is 3.18. The lowest BCUT2D eigenvalue weighted by molar-refractivity contribution is 0.132. The number of amides is 1. The molecule has 1 aromatic heterocycles. The van der Waals surface area contributed by atoms with Gasteiger partial charge in [-0.1, -0.05) is 0 Å². The molecule has 27 heavy (non-hydrogen) atoms. The van der Waals surface area contributed by atoms with Crippen molar-refractivity contribution in [3.8, 4) is 0 Å². The molecule has 1 amide bonds.